The SMILES string of the molecule is CCOC(=O)CC[C@@H](C(=O)OCC)C(=O)C(C)Br. The topological polar surface area (TPSA) is 69.7 Å². The first-order chi connectivity index (χ1) is 8.43. The highest BCUT2D eigenvalue weighted by Crippen LogP contribution is 2.16. The van der Waals surface area contributed by atoms with Crippen molar-refractivity contribution in [1.82, 2.24) is 0 Å². The second kappa shape index (κ2) is 9.08. The number of rotatable bonds is 8. The van der Waals surface area contributed by atoms with Gasteiger partial charge in [0, 0.05) is 6.42 Å². The molecule has 0 saturated heterocycles. The molecule has 0 rings (SSSR count). The fourth-order valence-corrected chi connectivity index (χ4v) is 1.71. The lowest BCUT2D eigenvalue weighted by Gasteiger charge is -2.15. The molecular weight excluding hydrogens is 304 g/mol. The van der Waals surface area contributed by atoms with Crippen molar-refractivity contribution in [2.75, 3.05) is 13.2 Å². The maximum Gasteiger partial charge on any atom is 0.316 e. The molecule has 0 amide bonds. The number of hydrogen-bond acceptors (Lipinski definition) is 5. The Kier molecular flexibility index (Phi) is 8.62. The van der Waals surface area contributed by atoms with E-state index >= 15 is 0 Å². The Morgan fingerprint density at radius 1 is 1.11 bits per heavy atom. The molecule has 0 radical (unpaired) electrons. The van der Waals surface area contributed by atoms with E-state index < -0.39 is 22.7 Å². The molecule has 2 atom stereocenters. The molecule has 0 aliphatic rings. The maximum atomic E-state index is 11.8. The third kappa shape index (κ3) is 6.14. The van der Waals surface area contributed by atoms with E-state index in [4.69, 9.17) is 9.47 Å². The Balaban J connectivity index is 4.53. The first-order valence-electron chi connectivity index (χ1n) is 5.94. The van der Waals surface area contributed by atoms with Crippen LogP contribution in [0.3, 0.4) is 0 Å². The van der Waals surface area contributed by atoms with Gasteiger partial charge in [-0.1, -0.05) is 15.9 Å². The minimum absolute atomic E-state index is 0.0305. The Morgan fingerprint density at radius 2 is 1.67 bits per heavy atom. The number of hydrogen-bond donors (Lipinski definition) is 0. The van der Waals surface area contributed by atoms with Crippen molar-refractivity contribution in [2.45, 2.75) is 38.4 Å². The summed E-state index contributed by atoms with van der Waals surface area (Å²) in [4.78, 5) is 34.2. The van der Waals surface area contributed by atoms with Gasteiger partial charge in [-0.2, -0.15) is 0 Å². The van der Waals surface area contributed by atoms with Gasteiger partial charge >= 0.3 is 11.9 Å². The average molecular weight is 323 g/mol. The van der Waals surface area contributed by atoms with Gasteiger partial charge in [0.25, 0.3) is 0 Å². The minimum atomic E-state index is -0.913. The van der Waals surface area contributed by atoms with Crippen molar-refractivity contribution >= 4 is 33.7 Å². The number of ether oxygens (including phenoxy) is 2. The lowest BCUT2D eigenvalue weighted by molar-refractivity contribution is -0.152. The summed E-state index contributed by atoms with van der Waals surface area (Å²) in [5, 5.41) is 0. The fraction of sp³-hybridized carbons (Fsp3) is 0.750. The Hall–Kier alpha value is -0.910. The number of ketones is 1. The smallest absolute Gasteiger partial charge is 0.316 e. The monoisotopic (exact) mass is 322 g/mol. The zero-order chi connectivity index (χ0) is 14.1. The van der Waals surface area contributed by atoms with Crippen molar-refractivity contribution in [1.29, 1.82) is 0 Å². The molecule has 1 unspecified atom stereocenters. The van der Waals surface area contributed by atoms with Crippen LogP contribution in [0.2, 0.25) is 0 Å². The minimum Gasteiger partial charge on any atom is -0.466 e. The molecule has 104 valence electrons. The summed E-state index contributed by atoms with van der Waals surface area (Å²) in [6.45, 7) is 5.50. The molecule has 0 aromatic heterocycles. The highest BCUT2D eigenvalue weighted by Gasteiger charge is 2.30. The van der Waals surface area contributed by atoms with E-state index in [-0.39, 0.29) is 31.8 Å². The maximum absolute atomic E-state index is 11.8. The van der Waals surface area contributed by atoms with E-state index in [1.54, 1.807) is 20.8 Å². The second-order valence-electron chi connectivity index (χ2n) is 3.67. The highest BCUT2D eigenvalue weighted by atomic mass is 79.9. The first-order valence-corrected chi connectivity index (χ1v) is 6.85. The van der Waals surface area contributed by atoms with Gasteiger partial charge in [0.1, 0.15) is 5.92 Å². The van der Waals surface area contributed by atoms with E-state index in [2.05, 4.69) is 15.9 Å². The largest absolute Gasteiger partial charge is 0.466 e. The average Bonchev–Trinajstić information content (AvgIpc) is 2.29. The predicted molar refractivity (Wildman–Crippen MR) is 69.4 cm³/mol. The van der Waals surface area contributed by atoms with Crippen molar-refractivity contribution in [3.8, 4) is 0 Å². The quantitative estimate of drug-likeness (QED) is 0.387. The third-order valence-electron chi connectivity index (χ3n) is 2.25. The van der Waals surface area contributed by atoms with Crippen LogP contribution in [0, 0.1) is 5.92 Å². The van der Waals surface area contributed by atoms with Gasteiger partial charge in [-0.3, -0.25) is 14.4 Å². The second-order valence-corrected chi connectivity index (χ2v) is 5.04. The molecule has 18 heavy (non-hydrogen) atoms. The van der Waals surface area contributed by atoms with E-state index in [9.17, 15) is 14.4 Å². The molecular formula is C12H19BrO5. The van der Waals surface area contributed by atoms with Crippen LogP contribution in [-0.4, -0.2) is 35.8 Å². The van der Waals surface area contributed by atoms with Gasteiger partial charge < -0.3 is 9.47 Å². The van der Waals surface area contributed by atoms with E-state index in [1.165, 1.54) is 0 Å². The highest BCUT2D eigenvalue weighted by molar-refractivity contribution is 9.10. The van der Waals surface area contributed by atoms with Gasteiger partial charge in [-0.15, -0.1) is 0 Å². The van der Waals surface area contributed by atoms with Gasteiger partial charge in [-0.05, 0) is 27.2 Å². The molecule has 0 aromatic carbocycles. The van der Waals surface area contributed by atoms with Gasteiger partial charge in [0.05, 0.1) is 18.0 Å². The zero-order valence-corrected chi connectivity index (χ0v) is 12.5. The van der Waals surface area contributed by atoms with Crippen molar-refractivity contribution in [3.05, 3.63) is 0 Å². The molecule has 0 saturated carbocycles. The summed E-state index contributed by atoms with van der Waals surface area (Å²) in [5.41, 5.74) is 0. The first kappa shape index (κ1) is 17.1. The molecule has 0 heterocycles. The van der Waals surface area contributed by atoms with Crippen LogP contribution in [0.1, 0.15) is 33.6 Å². The summed E-state index contributed by atoms with van der Waals surface area (Å²) >= 11 is 3.12. The summed E-state index contributed by atoms with van der Waals surface area (Å²) < 4.78 is 9.59. The summed E-state index contributed by atoms with van der Waals surface area (Å²) in [5.74, 6) is -2.19. The molecule has 0 fully saturated rings. The number of Topliss-reactive ketones (excluding diaryl/α,β-unsaturated/α-hetero) is 1. The standard InChI is InChI=1S/C12H19BrO5/c1-4-17-10(14)7-6-9(11(15)8(3)13)12(16)18-5-2/h8-9H,4-7H2,1-3H3/t8?,9-/m1/s1. The Morgan fingerprint density at radius 3 is 2.11 bits per heavy atom. The number of carbonyl (C=O) groups excluding carboxylic acids is 3. The molecule has 0 aliphatic carbocycles. The van der Waals surface area contributed by atoms with E-state index in [0.29, 0.717) is 0 Å². The van der Waals surface area contributed by atoms with Crippen LogP contribution in [-0.2, 0) is 23.9 Å². The van der Waals surface area contributed by atoms with E-state index in [1.807, 2.05) is 0 Å². The Bertz CT molecular complexity index is 301. The van der Waals surface area contributed by atoms with Gasteiger partial charge in [0.15, 0.2) is 5.78 Å². The lowest BCUT2D eigenvalue weighted by atomic mass is 9.96. The summed E-state index contributed by atoms with van der Waals surface area (Å²) in [6, 6.07) is 0. The summed E-state index contributed by atoms with van der Waals surface area (Å²) in [6.07, 6.45) is 0.148. The summed E-state index contributed by atoms with van der Waals surface area (Å²) in [7, 11) is 0. The zero-order valence-electron chi connectivity index (χ0n) is 10.9. The van der Waals surface area contributed by atoms with Gasteiger partial charge in [-0.25, -0.2) is 0 Å². The van der Waals surface area contributed by atoms with Crippen LogP contribution in [0.25, 0.3) is 0 Å². The molecule has 0 spiro atoms. The predicted octanol–water partition coefficient (Wildman–Crippen LogP) is 1.86. The normalized spacial score (nSPS) is 13.6. The van der Waals surface area contributed by atoms with Crippen molar-refractivity contribution in [2.24, 2.45) is 5.92 Å². The number of alkyl halides is 1. The van der Waals surface area contributed by atoms with Crippen LogP contribution in [0.4, 0.5) is 0 Å². The number of esters is 2. The van der Waals surface area contributed by atoms with Crippen molar-refractivity contribution < 1.29 is 23.9 Å². The van der Waals surface area contributed by atoms with Crippen LogP contribution in [0.5, 0.6) is 0 Å². The molecule has 0 aromatic rings. The molecule has 0 N–H and O–H groups in total. The lowest BCUT2D eigenvalue weighted by Crippen LogP contribution is -2.31. The molecule has 6 heteroatoms. The number of halogens is 1. The van der Waals surface area contributed by atoms with Crippen LogP contribution >= 0.6 is 15.9 Å². The van der Waals surface area contributed by atoms with E-state index in [0.717, 1.165) is 0 Å². The fourth-order valence-electron chi connectivity index (χ4n) is 1.39. The molecule has 0 bridgehead atoms. The molecule has 5 nitrogen and oxygen atoms in total. The molecule has 0 aliphatic heterocycles. The van der Waals surface area contributed by atoms with Crippen LogP contribution < -0.4 is 0 Å². The number of carbonyl (C=O) groups is 3. The van der Waals surface area contributed by atoms with Gasteiger partial charge in [0.2, 0.25) is 0 Å². The van der Waals surface area contributed by atoms with Crippen LogP contribution in [0.15, 0.2) is 0 Å². The van der Waals surface area contributed by atoms with Crippen molar-refractivity contribution in [3.63, 3.8) is 0 Å². The third-order valence-corrected chi connectivity index (χ3v) is 2.70. The Labute approximate surface area is 115 Å².